The molecule has 1 atom stereocenters. The van der Waals surface area contributed by atoms with Crippen molar-refractivity contribution in [1.29, 1.82) is 0 Å². The molecule has 0 rings (SSSR count). The van der Waals surface area contributed by atoms with E-state index in [9.17, 15) is 4.79 Å². The molecular formula is C10H19NO2S. The van der Waals surface area contributed by atoms with Gasteiger partial charge in [-0.05, 0) is 6.42 Å². The van der Waals surface area contributed by atoms with Crippen LogP contribution >= 0.6 is 11.8 Å². The van der Waals surface area contributed by atoms with Gasteiger partial charge in [0.1, 0.15) is 0 Å². The van der Waals surface area contributed by atoms with Gasteiger partial charge in [0.15, 0.2) is 0 Å². The second-order valence-electron chi connectivity index (χ2n) is 2.95. The van der Waals surface area contributed by atoms with Crippen LogP contribution in [-0.4, -0.2) is 30.6 Å². The maximum atomic E-state index is 11.2. The molecular weight excluding hydrogens is 198 g/mol. The molecule has 14 heavy (non-hydrogen) atoms. The third kappa shape index (κ3) is 5.29. The Labute approximate surface area is 90.1 Å². The summed E-state index contributed by atoms with van der Waals surface area (Å²) in [6.07, 6.45) is 2.63. The van der Waals surface area contributed by atoms with E-state index in [2.05, 4.69) is 11.7 Å². The number of esters is 1. The molecule has 0 fully saturated rings. The molecule has 0 spiro atoms. The third-order valence-electron chi connectivity index (χ3n) is 1.87. The average Bonchev–Trinajstić information content (AvgIpc) is 2.22. The Morgan fingerprint density at radius 1 is 1.64 bits per heavy atom. The number of ether oxygens (including phenoxy) is 1. The largest absolute Gasteiger partial charge is 0.466 e. The lowest BCUT2D eigenvalue weighted by Crippen LogP contribution is -2.13. The van der Waals surface area contributed by atoms with Gasteiger partial charge >= 0.3 is 5.97 Å². The van der Waals surface area contributed by atoms with Crippen LogP contribution in [0.2, 0.25) is 0 Å². The standard InChI is InChI=1S/C10H19NO2S/c1-4-9(10(12)13-3)5-6-14-8(2)7-11/h5,8H,4,6-7,11H2,1-3H3. The lowest BCUT2D eigenvalue weighted by Gasteiger charge is -2.06. The molecule has 82 valence electrons. The summed E-state index contributed by atoms with van der Waals surface area (Å²) in [6, 6.07) is 0. The van der Waals surface area contributed by atoms with Gasteiger partial charge in [-0.2, -0.15) is 11.8 Å². The van der Waals surface area contributed by atoms with Crippen LogP contribution in [0.5, 0.6) is 0 Å². The molecule has 3 nitrogen and oxygen atoms in total. The van der Waals surface area contributed by atoms with Crippen LogP contribution < -0.4 is 5.73 Å². The van der Waals surface area contributed by atoms with Crippen LogP contribution in [0.3, 0.4) is 0 Å². The van der Waals surface area contributed by atoms with Gasteiger partial charge in [-0.15, -0.1) is 0 Å². The normalized spacial score (nSPS) is 13.9. The molecule has 0 bridgehead atoms. The molecule has 1 unspecified atom stereocenters. The molecule has 0 saturated carbocycles. The topological polar surface area (TPSA) is 52.3 Å². The van der Waals surface area contributed by atoms with Crippen LogP contribution in [0.4, 0.5) is 0 Å². The van der Waals surface area contributed by atoms with Gasteiger partial charge in [-0.1, -0.05) is 19.9 Å². The fourth-order valence-corrected chi connectivity index (χ4v) is 1.65. The molecule has 0 aromatic heterocycles. The van der Waals surface area contributed by atoms with Crippen molar-refractivity contribution in [1.82, 2.24) is 0 Å². The Kier molecular flexibility index (Phi) is 7.61. The van der Waals surface area contributed by atoms with Gasteiger partial charge in [0.25, 0.3) is 0 Å². The van der Waals surface area contributed by atoms with Crippen molar-refractivity contribution >= 4 is 17.7 Å². The predicted molar refractivity (Wildman–Crippen MR) is 61.4 cm³/mol. The summed E-state index contributed by atoms with van der Waals surface area (Å²) >= 11 is 1.74. The third-order valence-corrected chi connectivity index (χ3v) is 2.99. The van der Waals surface area contributed by atoms with Crippen molar-refractivity contribution in [2.24, 2.45) is 5.73 Å². The summed E-state index contributed by atoms with van der Waals surface area (Å²) in [5.41, 5.74) is 6.21. The van der Waals surface area contributed by atoms with Gasteiger partial charge in [0, 0.05) is 23.1 Å². The first-order valence-electron chi connectivity index (χ1n) is 4.74. The predicted octanol–water partition coefficient (Wildman–Crippen LogP) is 1.58. The number of nitrogens with two attached hydrogens (primary N) is 1. The number of thioether (sulfide) groups is 1. The lowest BCUT2D eigenvalue weighted by atomic mass is 10.2. The van der Waals surface area contributed by atoms with E-state index >= 15 is 0 Å². The smallest absolute Gasteiger partial charge is 0.333 e. The number of carbonyl (C=O) groups is 1. The second-order valence-corrected chi connectivity index (χ2v) is 4.43. The van der Waals surface area contributed by atoms with E-state index in [4.69, 9.17) is 5.73 Å². The highest BCUT2D eigenvalue weighted by atomic mass is 32.2. The molecule has 0 saturated heterocycles. The van der Waals surface area contributed by atoms with Crippen molar-refractivity contribution in [3.63, 3.8) is 0 Å². The maximum Gasteiger partial charge on any atom is 0.333 e. The van der Waals surface area contributed by atoms with E-state index in [-0.39, 0.29) is 5.97 Å². The number of carbonyl (C=O) groups excluding carboxylic acids is 1. The summed E-state index contributed by atoms with van der Waals surface area (Å²) < 4.78 is 4.65. The number of hydrogen-bond acceptors (Lipinski definition) is 4. The van der Waals surface area contributed by atoms with Gasteiger partial charge in [0.2, 0.25) is 0 Å². The molecule has 0 heterocycles. The number of methoxy groups -OCH3 is 1. The Bertz CT molecular complexity index is 204. The number of hydrogen-bond donors (Lipinski definition) is 1. The van der Waals surface area contributed by atoms with Crippen LogP contribution in [0.25, 0.3) is 0 Å². The van der Waals surface area contributed by atoms with Crippen molar-refractivity contribution in [3.05, 3.63) is 11.6 Å². The van der Waals surface area contributed by atoms with Gasteiger partial charge in [0.05, 0.1) is 7.11 Å². The van der Waals surface area contributed by atoms with Crippen molar-refractivity contribution < 1.29 is 9.53 Å². The quantitative estimate of drug-likeness (QED) is 0.542. The van der Waals surface area contributed by atoms with Crippen molar-refractivity contribution in [2.45, 2.75) is 25.5 Å². The molecule has 4 heteroatoms. The second kappa shape index (κ2) is 7.88. The molecule has 0 aromatic carbocycles. The molecule has 0 radical (unpaired) electrons. The molecule has 0 aromatic rings. The maximum absolute atomic E-state index is 11.2. The Morgan fingerprint density at radius 3 is 2.71 bits per heavy atom. The van der Waals surface area contributed by atoms with E-state index in [0.29, 0.717) is 18.2 Å². The monoisotopic (exact) mass is 217 g/mol. The fraction of sp³-hybridized carbons (Fsp3) is 0.700. The first-order chi connectivity index (χ1) is 6.65. The zero-order chi connectivity index (χ0) is 11.0. The highest BCUT2D eigenvalue weighted by molar-refractivity contribution is 8.00. The SMILES string of the molecule is CCC(=CCSC(C)CN)C(=O)OC. The Morgan fingerprint density at radius 2 is 2.29 bits per heavy atom. The van der Waals surface area contributed by atoms with E-state index < -0.39 is 0 Å². The molecule has 0 aliphatic rings. The van der Waals surface area contributed by atoms with Crippen LogP contribution in [0.1, 0.15) is 20.3 Å². The van der Waals surface area contributed by atoms with E-state index in [1.807, 2.05) is 13.0 Å². The molecule has 0 aliphatic carbocycles. The number of rotatable bonds is 6. The van der Waals surface area contributed by atoms with Gasteiger partial charge < -0.3 is 10.5 Å². The molecule has 2 N–H and O–H groups in total. The Balaban J connectivity index is 3.99. The Hall–Kier alpha value is -0.480. The van der Waals surface area contributed by atoms with Crippen LogP contribution in [0, 0.1) is 0 Å². The van der Waals surface area contributed by atoms with Crippen LogP contribution in [0.15, 0.2) is 11.6 Å². The molecule has 0 aliphatic heterocycles. The minimum absolute atomic E-state index is 0.228. The first-order valence-corrected chi connectivity index (χ1v) is 5.79. The van der Waals surface area contributed by atoms with Gasteiger partial charge in [-0.3, -0.25) is 0 Å². The van der Waals surface area contributed by atoms with Gasteiger partial charge in [-0.25, -0.2) is 4.79 Å². The average molecular weight is 217 g/mol. The highest BCUT2D eigenvalue weighted by Crippen LogP contribution is 2.11. The molecule has 0 amide bonds. The minimum atomic E-state index is -0.228. The summed E-state index contributed by atoms with van der Waals surface area (Å²) in [4.78, 5) is 11.2. The fourth-order valence-electron chi connectivity index (χ4n) is 0.884. The zero-order valence-corrected chi connectivity index (χ0v) is 9.89. The van der Waals surface area contributed by atoms with E-state index in [1.54, 1.807) is 11.8 Å². The summed E-state index contributed by atoms with van der Waals surface area (Å²) in [5, 5.41) is 0.432. The van der Waals surface area contributed by atoms with E-state index in [1.165, 1.54) is 7.11 Å². The van der Waals surface area contributed by atoms with Crippen molar-refractivity contribution in [2.75, 3.05) is 19.4 Å². The summed E-state index contributed by atoms with van der Waals surface area (Å²) in [6.45, 7) is 4.68. The van der Waals surface area contributed by atoms with E-state index in [0.717, 1.165) is 11.3 Å². The van der Waals surface area contributed by atoms with Crippen LogP contribution in [-0.2, 0) is 9.53 Å². The first kappa shape index (κ1) is 13.5. The highest BCUT2D eigenvalue weighted by Gasteiger charge is 2.06. The lowest BCUT2D eigenvalue weighted by molar-refractivity contribution is -0.136. The summed E-state index contributed by atoms with van der Waals surface area (Å²) in [5.74, 6) is 0.588. The van der Waals surface area contributed by atoms with Crippen molar-refractivity contribution in [3.8, 4) is 0 Å². The minimum Gasteiger partial charge on any atom is -0.466 e. The zero-order valence-electron chi connectivity index (χ0n) is 9.08. The summed E-state index contributed by atoms with van der Waals surface area (Å²) in [7, 11) is 1.40.